The Kier molecular flexibility index (Phi) is 2.69. The molecular weight excluding hydrogens is 170 g/mol. The second-order valence-corrected chi connectivity index (χ2v) is 3.99. The lowest BCUT2D eigenvalue weighted by molar-refractivity contribution is 0.870. The lowest BCUT2D eigenvalue weighted by Gasteiger charge is -2.02. The van der Waals surface area contributed by atoms with Crippen molar-refractivity contribution in [1.82, 2.24) is 0 Å². The van der Waals surface area contributed by atoms with Crippen LogP contribution in [0.1, 0.15) is 25.3 Å². The van der Waals surface area contributed by atoms with Crippen LogP contribution in [-0.2, 0) is 0 Å². The van der Waals surface area contributed by atoms with E-state index in [0.717, 1.165) is 6.42 Å². The fourth-order valence-electron chi connectivity index (χ4n) is 1.88. The molecule has 74 valence electrons. The van der Waals surface area contributed by atoms with Gasteiger partial charge in [-0.15, -0.1) is 0 Å². The van der Waals surface area contributed by atoms with Gasteiger partial charge in [-0.1, -0.05) is 48.9 Å². The number of rotatable bonds is 3. The minimum Gasteiger partial charge on any atom is -0.327 e. The molecule has 14 heavy (non-hydrogen) atoms. The Morgan fingerprint density at radius 1 is 1.43 bits per heavy atom. The van der Waals surface area contributed by atoms with Crippen LogP contribution in [-0.4, -0.2) is 6.04 Å². The molecule has 1 aliphatic carbocycles. The number of hydrogen-bond acceptors (Lipinski definition) is 1. The monoisotopic (exact) mass is 187 g/mol. The first kappa shape index (κ1) is 9.47. The Labute approximate surface area is 85.6 Å². The molecule has 0 unspecified atom stereocenters. The van der Waals surface area contributed by atoms with Gasteiger partial charge in [-0.3, -0.25) is 0 Å². The van der Waals surface area contributed by atoms with Crippen LogP contribution in [0, 0.1) is 5.92 Å². The van der Waals surface area contributed by atoms with Crippen molar-refractivity contribution >= 4 is 6.08 Å². The van der Waals surface area contributed by atoms with Gasteiger partial charge in [-0.05, 0) is 24.3 Å². The molecule has 1 fully saturated rings. The van der Waals surface area contributed by atoms with E-state index in [1.54, 1.807) is 0 Å². The number of nitrogens with two attached hydrogens (primary N) is 1. The van der Waals surface area contributed by atoms with Crippen molar-refractivity contribution < 1.29 is 0 Å². The highest BCUT2D eigenvalue weighted by Gasteiger charge is 2.35. The Hall–Kier alpha value is -1.08. The highest BCUT2D eigenvalue weighted by Crippen LogP contribution is 2.37. The van der Waals surface area contributed by atoms with Crippen LogP contribution in [0.25, 0.3) is 6.08 Å². The number of hydrogen-bond donors (Lipinski definition) is 1. The van der Waals surface area contributed by atoms with E-state index in [-0.39, 0.29) is 0 Å². The minimum atomic E-state index is 0.421. The van der Waals surface area contributed by atoms with Crippen molar-refractivity contribution in [2.24, 2.45) is 11.7 Å². The van der Waals surface area contributed by atoms with Crippen molar-refractivity contribution in [2.75, 3.05) is 0 Å². The van der Waals surface area contributed by atoms with E-state index in [1.807, 2.05) is 6.07 Å². The molecule has 2 N–H and O–H groups in total. The van der Waals surface area contributed by atoms with Crippen LogP contribution in [0.2, 0.25) is 0 Å². The SMILES string of the molecule is CCC(=Cc1ccccc1)[C@H]1C[C@@H]1N. The summed E-state index contributed by atoms with van der Waals surface area (Å²) in [5.74, 6) is 0.653. The van der Waals surface area contributed by atoms with Gasteiger partial charge in [0.05, 0.1) is 0 Å². The van der Waals surface area contributed by atoms with Gasteiger partial charge in [0.2, 0.25) is 0 Å². The third kappa shape index (κ3) is 2.05. The molecule has 2 atom stereocenters. The van der Waals surface area contributed by atoms with E-state index in [2.05, 4.69) is 37.3 Å². The third-order valence-electron chi connectivity index (χ3n) is 2.88. The van der Waals surface area contributed by atoms with Crippen LogP contribution in [0.4, 0.5) is 0 Å². The van der Waals surface area contributed by atoms with E-state index >= 15 is 0 Å². The zero-order valence-electron chi connectivity index (χ0n) is 8.61. The van der Waals surface area contributed by atoms with Crippen molar-refractivity contribution in [1.29, 1.82) is 0 Å². The molecule has 1 nitrogen and oxygen atoms in total. The maximum Gasteiger partial charge on any atom is 0.0112 e. The zero-order valence-corrected chi connectivity index (χ0v) is 8.61. The minimum absolute atomic E-state index is 0.421. The summed E-state index contributed by atoms with van der Waals surface area (Å²) < 4.78 is 0. The summed E-state index contributed by atoms with van der Waals surface area (Å²) in [6.45, 7) is 2.21. The first-order valence-corrected chi connectivity index (χ1v) is 5.32. The Morgan fingerprint density at radius 2 is 2.07 bits per heavy atom. The lowest BCUT2D eigenvalue weighted by atomic mass is 10.0. The Balaban J connectivity index is 2.15. The molecular formula is C13H17N. The van der Waals surface area contributed by atoms with Crippen LogP contribution in [0.3, 0.4) is 0 Å². The lowest BCUT2D eigenvalue weighted by Crippen LogP contribution is -2.03. The quantitative estimate of drug-likeness (QED) is 0.773. The van der Waals surface area contributed by atoms with E-state index in [1.165, 1.54) is 17.6 Å². The molecule has 0 spiro atoms. The summed E-state index contributed by atoms with van der Waals surface area (Å²) >= 11 is 0. The fraction of sp³-hybridized carbons (Fsp3) is 0.385. The predicted molar refractivity (Wildman–Crippen MR) is 60.8 cm³/mol. The van der Waals surface area contributed by atoms with Crippen LogP contribution >= 0.6 is 0 Å². The third-order valence-corrected chi connectivity index (χ3v) is 2.88. The first-order chi connectivity index (χ1) is 6.81. The van der Waals surface area contributed by atoms with Gasteiger partial charge in [0.1, 0.15) is 0 Å². The summed E-state index contributed by atoms with van der Waals surface area (Å²) in [5, 5.41) is 0. The van der Waals surface area contributed by atoms with E-state index in [9.17, 15) is 0 Å². The largest absolute Gasteiger partial charge is 0.327 e. The molecule has 1 aromatic carbocycles. The fourth-order valence-corrected chi connectivity index (χ4v) is 1.88. The van der Waals surface area contributed by atoms with Crippen molar-refractivity contribution in [3.8, 4) is 0 Å². The molecule has 0 amide bonds. The van der Waals surface area contributed by atoms with Gasteiger partial charge in [0.15, 0.2) is 0 Å². The summed E-state index contributed by atoms with van der Waals surface area (Å²) in [4.78, 5) is 0. The topological polar surface area (TPSA) is 26.0 Å². The molecule has 0 aliphatic heterocycles. The first-order valence-electron chi connectivity index (χ1n) is 5.32. The van der Waals surface area contributed by atoms with E-state index in [0.29, 0.717) is 12.0 Å². The van der Waals surface area contributed by atoms with Crippen molar-refractivity contribution in [3.05, 3.63) is 41.5 Å². The van der Waals surface area contributed by atoms with Crippen molar-refractivity contribution in [3.63, 3.8) is 0 Å². The zero-order chi connectivity index (χ0) is 9.97. The van der Waals surface area contributed by atoms with Gasteiger partial charge >= 0.3 is 0 Å². The highest BCUT2D eigenvalue weighted by molar-refractivity contribution is 5.54. The summed E-state index contributed by atoms with van der Waals surface area (Å²) in [6, 6.07) is 10.9. The summed E-state index contributed by atoms with van der Waals surface area (Å²) in [5.41, 5.74) is 8.65. The Bertz CT molecular complexity index is 326. The van der Waals surface area contributed by atoms with Gasteiger partial charge in [0, 0.05) is 6.04 Å². The average Bonchev–Trinajstić information content (AvgIpc) is 2.93. The van der Waals surface area contributed by atoms with Gasteiger partial charge in [0.25, 0.3) is 0 Å². The molecule has 2 rings (SSSR count). The molecule has 0 aromatic heterocycles. The van der Waals surface area contributed by atoms with Crippen molar-refractivity contribution in [2.45, 2.75) is 25.8 Å². The van der Waals surface area contributed by atoms with Crippen LogP contribution in [0.15, 0.2) is 35.9 Å². The maximum absolute atomic E-state index is 5.86. The van der Waals surface area contributed by atoms with Gasteiger partial charge < -0.3 is 5.73 Å². The maximum atomic E-state index is 5.86. The normalized spacial score (nSPS) is 26.3. The smallest absolute Gasteiger partial charge is 0.0112 e. The standard InChI is InChI=1S/C13H17N/c1-2-11(12-9-13(12)14)8-10-6-4-3-5-7-10/h3-8,12-13H,2,9,14H2,1H3/t12-,13+/m1/s1. The predicted octanol–water partition coefficient (Wildman–Crippen LogP) is 2.83. The molecule has 0 radical (unpaired) electrons. The van der Waals surface area contributed by atoms with Gasteiger partial charge in [-0.25, -0.2) is 0 Å². The molecule has 1 aliphatic rings. The van der Waals surface area contributed by atoms with Crippen LogP contribution in [0.5, 0.6) is 0 Å². The Morgan fingerprint density at radius 3 is 2.57 bits per heavy atom. The molecule has 0 saturated heterocycles. The van der Waals surface area contributed by atoms with E-state index < -0.39 is 0 Å². The second-order valence-electron chi connectivity index (χ2n) is 3.99. The molecule has 1 aromatic rings. The van der Waals surface area contributed by atoms with Gasteiger partial charge in [-0.2, -0.15) is 0 Å². The second kappa shape index (κ2) is 3.97. The van der Waals surface area contributed by atoms with E-state index in [4.69, 9.17) is 5.73 Å². The highest BCUT2D eigenvalue weighted by atomic mass is 14.7. The summed E-state index contributed by atoms with van der Waals surface area (Å²) in [6.07, 6.45) is 4.58. The average molecular weight is 187 g/mol. The molecule has 1 heteroatoms. The molecule has 1 saturated carbocycles. The molecule has 0 heterocycles. The number of benzene rings is 1. The van der Waals surface area contributed by atoms with Crippen LogP contribution < -0.4 is 5.73 Å². The summed E-state index contributed by atoms with van der Waals surface area (Å²) in [7, 11) is 0. The molecule has 0 bridgehead atoms.